The highest BCUT2D eigenvalue weighted by molar-refractivity contribution is 6.32. The average Bonchev–Trinajstić information content (AvgIpc) is 2.61. The second kappa shape index (κ2) is 5.00. The molecule has 0 amide bonds. The Bertz CT molecular complexity index is 590. The first-order valence-corrected chi connectivity index (χ1v) is 6.05. The van der Waals surface area contributed by atoms with Gasteiger partial charge in [-0.3, -0.25) is 0 Å². The number of aromatic carboxylic acids is 1. The highest BCUT2D eigenvalue weighted by Crippen LogP contribution is 2.29. The molecule has 1 heterocycles. The molecule has 0 spiro atoms. The minimum atomic E-state index is -0.928. The SMILES string of the molecule is CN(C)CCc1c(Cl)[nH]c2cccc(C(=O)O)c12. The summed E-state index contributed by atoms with van der Waals surface area (Å²) in [6.07, 6.45) is 0.718. The maximum absolute atomic E-state index is 11.2. The van der Waals surface area contributed by atoms with E-state index in [9.17, 15) is 9.90 Å². The van der Waals surface area contributed by atoms with Crippen molar-refractivity contribution in [2.75, 3.05) is 20.6 Å². The molecule has 2 rings (SSSR count). The predicted octanol–water partition coefficient (Wildman–Crippen LogP) is 2.62. The third kappa shape index (κ3) is 2.35. The van der Waals surface area contributed by atoms with Crippen LogP contribution in [0.2, 0.25) is 5.15 Å². The molecule has 0 unspecified atom stereocenters. The molecule has 0 aliphatic heterocycles. The van der Waals surface area contributed by atoms with Crippen LogP contribution < -0.4 is 0 Å². The summed E-state index contributed by atoms with van der Waals surface area (Å²) in [6.45, 7) is 0.820. The molecule has 0 radical (unpaired) electrons. The van der Waals surface area contributed by atoms with Crippen molar-refractivity contribution < 1.29 is 9.90 Å². The van der Waals surface area contributed by atoms with E-state index in [1.165, 1.54) is 0 Å². The van der Waals surface area contributed by atoms with Crippen LogP contribution in [0.3, 0.4) is 0 Å². The smallest absolute Gasteiger partial charge is 0.336 e. The van der Waals surface area contributed by atoms with E-state index in [-0.39, 0.29) is 0 Å². The molecule has 96 valence electrons. The van der Waals surface area contributed by atoms with Crippen molar-refractivity contribution in [2.45, 2.75) is 6.42 Å². The Kier molecular flexibility index (Phi) is 3.59. The molecule has 2 N–H and O–H groups in total. The zero-order valence-corrected chi connectivity index (χ0v) is 11.1. The third-order valence-corrected chi connectivity index (χ3v) is 3.24. The number of carboxylic acid groups (broad SMARTS) is 1. The zero-order chi connectivity index (χ0) is 13.3. The van der Waals surface area contributed by atoms with Crippen LogP contribution in [-0.2, 0) is 6.42 Å². The van der Waals surface area contributed by atoms with Gasteiger partial charge in [0.05, 0.1) is 5.56 Å². The molecule has 0 atom stereocenters. The fourth-order valence-corrected chi connectivity index (χ4v) is 2.32. The summed E-state index contributed by atoms with van der Waals surface area (Å²) >= 11 is 6.16. The molecule has 1 aromatic heterocycles. The zero-order valence-electron chi connectivity index (χ0n) is 10.3. The molecule has 18 heavy (non-hydrogen) atoms. The lowest BCUT2D eigenvalue weighted by atomic mass is 10.0. The number of H-pyrrole nitrogens is 1. The molecule has 1 aromatic carbocycles. The molecular weight excluding hydrogens is 252 g/mol. The third-order valence-electron chi connectivity index (χ3n) is 2.92. The molecule has 5 heteroatoms. The first kappa shape index (κ1) is 12.9. The topological polar surface area (TPSA) is 56.3 Å². The average molecular weight is 267 g/mol. The van der Waals surface area contributed by atoms with E-state index in [0.717, 1.165) is 29.4 Å². The summed E-state index contributed by atoms with van der Waals surface area (Å²) < 4.78 is 0. The van der Waals surface area contributed by atoms with Gasteiger partial charge in [-0.25, -0.2) is 4.79 Å². The van der Waals surface area contributed by atoms with Crippen LogP contribution in [0.1, 0.15) is 15.9 Å². The lowest BCUT2D eigenvalue weighted by Crippen LogP contribution is -2.15. The lowest BCUT2D eigenvalue weighted by molar-refractivity contribution is 0.0699. The van der Waals surface area contributed by atoms with Gasteiger partial charge in [0.1, 0.15) is 5.15 Å². The lowest BCUT2D eigenvalue weighted by Gasteiger charge is -2.09. The van der Waals surface area contributed by atoms with Gasteiger partial charge in [0.2, 0.25) is 0 Å². The maximum atomic E-state index is 11.2. The number of aromatic amines is 1. The summed E-state index contributed by atoms with van der Waals surface area (Å²) in [5.41, 5.74) is 1.94. The highest BCUT2D eigenvalue weighted by atomic mass is 35.5. The van der Waals surface area contributed by atoms with Crippen molar-refractivity contribution in [1.82, 2.24) is 9.88 Å². The van der Waals surface area contributed by atoms with Gasteiger partial charge in [0.25, 0.3) is 0 Å². The Labute approximate surface area is 110 Å². The number of aromatic nitrogens is 1. The van der Waals surface area contributed by atoms with Crippen LogP contribution in [0.5, 0.6) is 0 Å². The van der Waals surface area contributed by atoms with Gasteiger partial charge in [-0.05, 0) is 38.2 Å². The van der Waals surface area contributed by atoms with Gasteiger partial charge >= 0.3 is 5.97 Å². The van der Waals surface area contributed by atoms with Crippen molar-refractivity contribution in [3.05, 3.63) is 34.5 Å². The molecule has 2 aromatic rings. The fourth-order valence-electron chi connectivity index (χ4n) is 2.03. The predicted molar refractivity (Wildman–Crippen MR) is 72.5 cm³/mol. The van der Waals surface area contributed by atoms with Gasteiger partial charge in [0, 0.05) is 17.4 Å². The van der Waals surface area contributed by atoms with E-state index in [4.69, 9.17) is 11.6 Å². The Hall–Kier alpha value is -1.52. The number of nitrogens with one attached hydrogen (secondary N) is 1. The number of benzene rings is 1. The minimum Gasteiger partial charge on any atom is -0.478 e. The standard InChI is InChI=1S/C13H15ClN2O2/c1-16(2)7-6-8-11-9(13(17)18)4-3-5-10(11)15-12(8)14/h3-5,15H,6-7H2,1-2H3,(H,17,18). The number of hydrogen-bond donors (Lipinski definition) is 2. The molecule has 0 bridgehead atoms. The quantitative estimate of drug-likeness (QED) is 0.894. The molecule has 0 aliphatic rings. The number of rotatable bonds is 4. The number of carboxylic acids is 1. The second-order valence-corrected chi connectivity index (χ2v) is 4.88. The Balaban J connectivity index is 2.56. The first-order chi connectivity index (χ1) is 8.50. The summed E-state index contributed by atoms with van der Waals surface area (Å²) in [7, 11) is 3.95. The number of hydrogen-bond acceptors (Lipinski definition) is 2. The normalized spacial score (nSPS) is 11.3. The maximum Gasteiger partial charge on any atom is 0.336 e. The van der Waals surface area contributed by atoms with Crippen LogP contribution in [0, 0.1) is 0 Å². The van der Waals surface area contributed by atoms with E-state index in [1.54, 1.807) is 12.1 Å². The van der Waals surface area contributed by atoms with Gasteiger partial charge in [0.15, 0.2) is 0 Å². The van der Waals surface area contributed by atoms with Crippen molar-refractivity contribution in [2.24, 2.45) is 0 Å². The summed E-state index contributed by atoms with van der Waals surface area (Å²) in [5.74, 6) is -0.928. The molecule has 0 aliphatic carbocycles. The molecular formula is C13H15ClN2O2. The van der Waals surface area contributed by atoms with Crippen molar-refractivity contribution >= 4 is 28.5 Å². The van der Waals surface area contributed by atoms with Crippen molar-refractivity contribution in [3.8, 4) is 0 Å². The summed E-state index contributed by atoms with van der Waals surface area (Å²) in [5, 5.41) is 10.5. The summed E-state index contributed by atoms with van der Waals surface area (Å²) in [4.78, 5) is 16.3. The number of carbonyl (C=O) groups is 1. The number of halogens is 1. The van der Waals surface area contributed by atoms with Crippen molar-refractivity contribution in [3.63, 3.8) is 0 Å². The van der Waals surface area contributed by atoms with Gasteiger partial charge in [-0.1, -0.05) is 17.7 Å². The van der Waals surface area contributed by atoms with E-state index in [0.29, 0.717) is 10.7 Å². The van der Waals surface area contributed by atoms with Crippen LogP contribution in [-0.4, -0.2) is 41.6 Å². The van der Waals surface area contributed by atoms with E-state index < -0.39 is 5.97 Å². The van der Waals surface area contributed by atoms with Gasteiger partial charge in [-0.15, -0.1) is 0 Å². The number of nitrogens with zero attached hydrogens (tertiary/aromatic N) is 1. The molecule has 4 nitrogen and oxygen atoms in total. The summed E-state index contributed by atoms with van der Waals surface area (Å²) in [6, 6.07) is 5.16. The van der Waals surface area contributed by atoms with E-state index in [2.05, 4.69) is 4.98 Å². The second-order valence-electron chi connectivity index (χ2n) is 4.50. The van der Waals surface area contributed by atoms with Crippen LogP contribution in [0.25, 0.3) is 10.9 Å². The fraction of sp³-hybridized carbons (Fsp3) is 0.308. The Morgan fingerprint density at radius 2 is 2.17 bits per heavy atom. The number of fused-ring (bicyclic) bond motifs is 1. The number of likely N-dealkylation sites (N-methyl/N-ethyl adjacent to an activating group) is 1. The monoisotopic (exact) mass is 266 g/mol. The largest absolute Gasteiger partial charge is 0.478 e. The first-order valence-electron chi connectivity index (χ1n) is 5.67. The minimum absolute atomic E-state index is 0.296. The Morgan fingerprint density at radius 3 is 2.78 bits per heavy atom. The molecule has 0 saturated heterocycles. The van der Waals surface area contributed by atoms with E-state index >= 15 is 0 Å². The van der Waals surface area contributed by atoms with Crippen molar-refractivity contribution in [1.29, 1.82) is 0 Å². The highest BCUT2D eigenvalue weighted by Gasteiger charge is 2.16. The Morgan fingerprint density at radius 1 is 1.44 bits per heavy atom. The van der Waals surface area contributed by atoms with Crippen LogP contribution >= 0.6 is 11.6 Å². The molecule has 0 saturated carbocycles. The van der Waals surface area contributed by atoms with Crippen LogP contribution in [0.4, 0.5) is 0 Å². The van der Waals surface area contributed by atoms with Crippen LogP contribution in [0.15, 0.2) is 18.2 Å². The van der Waals surface area contributed by atoms with Gasteiger partial charge in [-0.2, -0.15) is 0 Å². The molecule has 0 fully saturated rings. The van der Waals surface area contributed by atoms with E-state index in [1.807, 2.05) is 25.1 Å². The van der Waals surface area contributed by atoms with Gasteiger partial charge < -0.3 is 15.0 Å².